The normalized spacial score (nSPS) is 10.8. The summed E-state index contributed by atoms with van der Waals surface area (Å²) in [5.41, 5.74) is 3.85. The third-order valence-electron chi connectivity index (χ3n) is 4.01. The van der Waals surface area contributed by atoms with Gasteiger partial charge in [-0.05, 0) is 49.7 Å². The Bertz CT molecular complexity index is 850. The molecule has 0 radical (unpaired) electrons. The Labute approximate surface area is 142 Å². The fourth-order valence-electron chi connectivity index (χ4n) is 2.78. The van der Waals surface area contributed by atoms with Gasteiger partial charge in [0.15, 0.2) is 0 Å². The molecule has 24 heavy (non-hydrogen) atoms. The number of carbonyl (C=O) groups excluding carboxylic acids is 1. The minimum Gasteiger partial charge on any atom is -0.494 e. The number of rotatable bonds is 5. The first-order chi connectivity index (χ1) is 11.6. The molecule has 3 aromatic rings. The second-order valence-corrected chi connectivity index (χ2v) is 6.01. The molecule has 4 heteroatoms. The van der Waals surface area contributed by atoms with Crippen LogP contribution >= 0.6 is 0 Å². The van der Waals surface area contributed by atoms with Crippen molar-refractivity contribution in [3.05, 3.63) is 65.4 Å². The van der Waals surface area contributed by atoms with E-state index in [0.29, 0.717) is 18.8 Å². The van der Waals surface area contributed by atoms with Crippen LogP contribution in [0.15, 0.2) is 48.5 Å². The Morgan fingerprint density at radius 2 is 1.88 bits per heavy atom. The summed E-state index contributed by atoms with van der Waals surface area (Å²) < 4.78 is 5.44. The van der Waals surface area contributed by atoms with Crippen LogP contribution in [-0.4, -0.2) is 29.4 Å². The summed E-state index contributed by atoms with van der Waals surface area (Å²) in [6.07, 6.45) is 0. The van der Waals surface area contributed by atoms with E-state index < -0.39 is 0 Å². The summed E-state index contributed by atoms with van der Waals surface area (Å²) in [6.45, 7) is 5.21. The predicted octanol–water partition coefficient (Wildman–Crippen LogP) is 4.15. The molecule has 0 bridgehead atoms. The Kier molecular flexibility index (Phi) is 4.56. The number of ether oxygens (including phenoxy) is 1. The van der Waals surface area contributed by atoms with E-state index in [0.717, 1.165) is 22.2 Å². The molecule has 0 aliphatic heterocycles. The highest BCUT2D eigenvalue weighted by Gasteiger charge is 2.14. The minimum absolute atomic E-state index is 0.0160. The van der Waals surface area contributed by atoms with Crippen molar-refractivity contribution in [3.8, 4) is 5.75 Å². The van der Waals surface area contributed by atoms with Crippen molar-refractivity contribution in [1.82, 2.24) is 9.88 Å². The van der Waals surface area contributed by atoms with Crippen LogP contribution in [0.4, 0.5) is 0 Å². The van der Waals surface area contributed by atoms with Gasteiger partial charge in [0.05, 0.1) is 6.61 Å². The summed E-state index contributed by atoms with van der Waals surface area (Å²) in [4.78, 5) is 17.6. The monoisotopic (exact) mass is 322 g/mol. The molecular weight excluding hydrogens is 300 g/mol. The molecule has 1 amide bonds. The number of nitrogens with one attached hydrogen (secondary N) is 1. The van der Waals surface area contributed by atoms with Crippen molar-refractivity contribution < 1.29 is 9.53 Å². The maximum Gasteiger partial charge on any atom is 0.270 e. The van der Waals surface area contributed by atoms with Crippen LogP contribution in [0.25, 0.3) is 10.9 Å². The average Bonchev–Trinajstić information content (AvgIpc) is 2.99. The molecule has 0 saturated carbocycles. The molecule has 0 spiro atoms. The number of fused-ring (bicyclic) bond motifs is 1. The van der Waals surface area contributed by atoms with Gasteiger partial charge in [-0.1, -0.05) is 23.8 Å². The molecular formula is C20H22N2O2. The Morgan fingerprint density at radius 1 is 1.12 bits per heavy atom. The van der Waals surface area contributed by atoms with E-state index in [4.69, 9.17) is 4.74 Å². The van der Waals surface area contributed by atoms with Gasteiger partial charge in [0.25, 0.3) is 5.91 Å². The van der Waals surface area contributed by atoms with E-state index in [1.807, 2.05) is 63.4 Å². The third kappa shape index (κ3) is 3.43. The summed E-state index contributed by atoms with van der Waals surface area (Å²) in [5, 5.41) is 1.06. The fourth-order valence-corrected chi connectivity index (χ4v) is 2.78. The van der Waals surface area contributed by atoms with Crippen molar-refractivity contribution >= 4 is 16.8 Å². The maximum absolute atomic E-state index is 12.6. The summed E-state index contributed by atoms with van der Waals surface area (Å²) >= 11 is 0. The predicted molar refractivity (Wildman–Crippen MR) is 96.4 cm³/mol. The molecule has 1 aromatic heterocycles. The molecule has 1 heterocycles. The highest BCUT2D eigenvalue weighted by Crippen LogP contribution is 2.19. The minimum atomic E-state index is -0.0160. The first-order valence-electron chi connectivity index (χ1n) is 8.13. The van der Waals surface area contributed by atoms with Crippen LogP contribution in [0.3, 0.4) is 0 Å². The van der Waals surface area contributed by atoms with Crippen LogP contribution in [0.2, 0.25) is 0 Å². The van der Waals surface area contributed by atoms with Crippen molar-refractivity contribution in [3.63, 3.8) is 0 Å². The SMILES string of the molecule is CCOc1ccc(CN(C)C(=O)c2cc3cc(C)ccc3[nH]2)cc1. The molecule has 4 nitrogen and oxygen atoms in total. The third-order valence-corrected chi connectivity index (χ3v) is 4.01. The van der Waals surface area contributed by atoms with Crippen molar-refractivity contribution in [2.45, 2.75) is 20.4 Å². The van der Waals surface area contributed by atoms with Crippen LogP contribution in [0, 0.1) is 6.92 Å². The molecule has 0 atom stereocenters. The van der Waals surface area contributed by atoms with Gasteiger partial charge in [-0.2, -0.15) is 0 Å². The zero-order valence-corrected chi connectivity index (χ0v) is 14.3. The topological polar surface area (TPSA) is 45.3 Å². The molecule has 0 fully saturated rings. The standard InChI is InChI=1S/C20H22N2O2/c1-4-24-17-8-6-15(7-9-17)13-22(3)20(23)19-12-16-11-14(2)5-10-18(16)21-19/h5-12,21H,4,13H2,1-3H3. The van der Waals surface area contributed by atoms with E-state index in [9.17, 15) is 4.79 Å². The number of aromatic nitrogens is 1. The summed E-state index contributed by atoms with van der Waals surface area (Å²) in [7, 11) is 1.82. The number of hydrogen-bond acceptors (Lipinski definition) is 2. The number of carbonyl (C=O) groups is 1. The molecule has 0 unspecified atom stereocenters. The Balaban J connectivity index is 1.73. The van der Waals surface area contributed by atoms with Crippen molar-refractivity contribution in [2.24, 2.45) is 0 Å². The second-order valence-electron chi connectivity index (χ2n) is 6.01. The highest BCUT2D eigenvalue weighted by molar-refractivity contribution is 5.98. The van der Waals surface area contributed by atoms with Crippen LogP contribution in [-0.2, 0) is 6.54 Å². The van der Waals surface area contributed by atoms with Gasteiger partial charge in [0.2, 0.25) is 0 Å². The molecule has 1 N–H and O–H groups in total. The molecule has 0 aliphatic rings. The van der Waals surface area contributed by atoms with Gasteiger partial charge in [0, 0.05) is 24.5 Å². The molecule has 2 aromatic carbocycles. The highest BCUT2D eigenvalue weighted by atomic mass is 16.5. The fraction of sp³-hybridized carbons (Fsp3) is 0.250. The molecule has 0 saturated heterocycles. The molecule has 3 rings (SSSR count). The first kappa shape index (κ1) is 16.1. The lowest BCUT2D eigenvalue weighted by molar-refractivity contribution is 0.0780. The van der Waals surface area contributed by atoms with Gasteiger partial charge < -0.3 is 14.6 Å². The van der Waals surface area contributed by atoms with Gasteiger partial charge in [0.1, 0.15) is 11.4 Å². The van der Waals surface area contributed by atoms with Gasteiger partial charge in [-0.15, -0.1) is 0 Å². The lowest BCUT2D eigenvalue weighted by Gasteiger charge is -2.16. The number of hydrogen-bond donors (Lipinski definition) is 1. The number of aryl methyl sites for hydroxylation is 1. The Hall–Kier alpha value is -2.75. The quantitative estimate of drug-likeness (QED) is 0.767. The maximum atomic E-state index is 12.6. The number of aromatic amines is 1. The number of amides is 1. The van der Waals surface area contributed by atoms with Crippen molar-refractivity contribution in [1.29, 1.82) is 0 Å². The Morgan fingerprint density at radius 3 is 2.58 bits per heavy atom. The van der Waals surface area contributed by atoms with E-state index in [2.05, 4.69) is 11.1 Å². The smallest absolute Gasteiger partial charge is 0.270 e. The van der Waals surface area contributed by atoms with Crippen LogP contribution in [0.5, 0.6) is 5.75 Å². The molecule has 124 valence electrons. The van der Waals surface area contributed by atoms with E-state index >= 15 is 0 Å². The van der Waals surface area contributed by atoms with E-state index in [1.54, 1.807) is 4.90 Å². The zero-order valence-electron chi connectivity index (χ0n) is 14.3. The van der Waals surface area contributed by atoms with Gasteiger partial charge in [-0.3, -0.25) is 4.79 Å². The van der Waals surface area contributed by atoms with E-state index in [1.165, 1.54) is 5.56 Å². The summed E-state index contributed by atoms with van der Waals surface area (Å²) in [6, 6.07) is 15.9. The second kappa shape index (κ2) is 6.79. The number of benzene rings is 2. The lowest BCUT2D eigenvalue weighted by Crippen LogP contribution is -2.26. The van der Waals surface area contributed by atoms with E-state index in [-0.39, 0.29) is 5.91 Å². The van der Waals surface area contributed by atoms with Gasteiger partial charge >= 0.3 is 0 Å². The number of H-pyrrole nitrogens is 1. The average molecular weight is 322 g/mol. The first-order valence-corrected chi connectivity index (χ1v) is 8.13. The largest absolute Gasteiger partial charge is 0.494 e. The number of nitrogens with zero attached hydrogens (tertiary/aromatic N) is 1. The molecule has 0 aliphatic carbocycles. The van der Waals surface area contributed by atoms with Gasteiger partial charge in [-0.25, -0.2) is 0 Å². The lowest BCUT2D eigenvalue weighted by atomic mass is 10.2. The van der Waals surface area contributed by atoms with Crippen LogP contribution in [0.1, 0.15) is 28.5 Å². The van der Waals surface area contributed by atoms with Crippen LogP contribution < -0.4 is 4.74 Å². The van der Waals surface area contributed by atoms with Crippen molar-refractivity contribution in [2.75, 3.05) is 13.7 Å². The summed E-state index contributed by atoms with van der Waals surface area (Å²) in [5.74, 6) is 0.832. The zero-order chi connectivity index (χ0) is 17.1.